The van der Waals surface area contributed by atoms with Gasteiger partial charge in [0.25, 0.3) is 17.5 Å². The molecule has 0 heterocycles. The molecule has 0 radical (unpaired) electrons. The quantitative estimate of drug-likeness (QED) is 0.267. The maximum absolute atomic E-state index is 13.0. The predicted octanol–water partition coefficient (Wildman–Crippen LogP) is 5.32. The first-order chi connectivity index (χ1) is 15.8. The second kappa shape index (κ2) is 10.6. The Morgan fingerprint density at radius 1 is 1.03 bits per heavy atom. The van der Waals surface area contributed by atoms with Crippen LogP contribution in [0.1, 0.15) is 15.9 Å². The van der Waals surface area contributed by atoms with E-state index in [1.807, 2.05) is 0 Å². The van der Waals surface area contributed by atoms with Crippen LogP contribution >= 0.6 is 23.2 Å². The molecule has 0 saturated heterocycles. The smallest absolute Gasteiger partial charge is 0.272 e. The van der Waals surface area contributed by atoms with E-state index < -0.39 is 16.7 Å². The van der Waals surface area contributed by atoms with Crippen molar-refractivity contribution < 1.29 is 19.2 Å². The molecule has 3 aromatic carbocycles. The van der Waals surface area contributed by atoms with Crippen molar-refractivity contribution in [1.29, 1.82) is 0 Å². The van der Waals surface area contributed by atoms with Crippen LogP contribution in [0.3, 0.4) is 0 Å². The lowest BCUT2D eigenvalue weighted by Crippen LogP contribution is -2.31. The van der Waals surface area contributed by atoms with Gasteiger partial charge in [0.05, 0.1) is 28.3 Å². The number of nitro benzene ring substituents is 1. The zero-order valence-corrected chi connectivity index (χ0v) is 18.7. The number of non-ortho nitro benzene ring substituents is 1. The molecule has 2 N–H and O–H groups in total. The first-order valence-corrected chi connectivity index (χ1v) is 10.2. The molecular formula is C23H17Cl2N3O5. The molecule has 0 spiro atoms. The van der Waals surface area contributed by atoms with Crippen molar-refractivity contribution in [2.75, 3.05) is 12.4 Å². The minimum Gasteiger partial charge on any atom is -0.496 e. The van der Waals surface area contributed by atoms with Crippen LogP contribution in [-0.4, -0.2) is 23.8 Å². The Bertz CT molecular complexity index is 1260. The van der Waals surface area contributed by atoms with Crippen molar-refractivity contribution in [3.63, 3.8) is 0 Å². The topological polar surface area (TPSA) is 111 Å². The van der Waals surface area contributed by atoms with Crippen LogP contribution < -0.4 is 15.4 Å². The van der Waals surface area contributed by atoms with Crippen molar-refractivity contribution in [2.24, 2.45) is 0 Å². The summed E-state index contributed by atoms with van der Waals surface area (Å²) in [5.41, 5.74) is 0.399. The molecular weight excluding hydrogens is 469 g/mol. The SMILES string of the molecule is COc1ccc(Cl)cc1C(=O)NC(=Cc1cccc([N+](=O)[O-])c1)C(=O)Nc1ccccc1Cl. The van der Waals surface area contributed by atoms with Crippen LogP contribution in [0, 0.1) is 10.1 Å². The van der Waals surface area contributed by atoms with Gasteiger partial charge in [-0.3, -0.25) is 19.7 Å². The Labute approximate surface area is 198 Å². The third kappa shape index (κ3) is 6.09. The van der Waals surface area contributed by atoms with E-state index in [4.69, 9.17) is 27.9 Å². The van der Waals surface area contributed by atoms with Crippen LogP contribution in [-0.2, 0) is 4.79 Å². The number of nitro groups is 1. The molecule has 0 unspecified atom stereocenters. The molecule has 0 aliphatic carbocycles. The third-order valence-electron chi connectivity index (χ3n) is 4.41. The molecule has 10 heteroatoms. The van der Waals surface area contributed by atoms with Crippen LogP contribution in [0.2, 0.25) is 10.0 Å². The maximum atomic E-state index is 13.0. The molecule has 0 aliphatic heterocycles. The predicted molar refractivity (Wildman–Crippen MR) is 127 cm³/mol. The normalized spacial score (nSPS) is 10.9. The highest BCUT2D eigenvalue weighted by atomic mass is 35.5. The standard InChI is InChI=1S/C23H17Cl2N3O5/c1-33-21-10-9-15(24)13-17(21)22(29)27-20(12-14-5-4-6-16(11-14)28(31)32)23(30)26-19-8-3-2-7-18(19)25/h2-13H,1H3,(H,26,30)(H,27,29). The fraction of sp³-hybridized carbons (Fsp3) is 0.0435. The van der Waals surface area contributed by atoms with Crippen molar-refractivity contribution in [3.05, 3.63) is 104 Å². The summed E-state index contributed by atoms with van der Waals surface area (Å²) in [6.45, 7) is 0. The molecule has 168 valence electrons. The summed E-state index contributed by atoms with van der Waals surface area (Å²) in [7, 11) is 1.39. The average molecular weight is 486 g/mol. The zero-order chi connectivity index (χ0) is 24.0. The molecule has 0 atom stereocenters. The number of anilines is 1. The number of amides is 2. The van der Waals surface area contributed by atoms with Gasteiger partial charge >= 0.3 is 0 Å². The van der Waals surface area contributed by atoms with E-state index >= 15 is 0 Å². The number of para-hydroxylation sites is 1. The van der Waals surface area contributed by atoms with Gasteiger partial charge in [0.2, 0.25) is 0 Å². The van der Waals surface area contributed by atoms with E-state index in [-0.39, 0.29) is 22.7 Å². The largest absolute Gasteiger partial charge is 0.496 e. The molecule has 0 fully saturated rings. The van der Waals surface area contributed by atoms with Crippen molar-refractivity contribution in [3.8, 4) is 5.75 Å². The number of benzene rings is 3. The van der Waals surface area contributed by atoms with Gasteiger partial charge in [0.15, 0.2) is 0 Å². The summed E-state index contributed by atoms with van der Waals surface area (Å²) < 4.78 is 5.20. The first-order valence-electron chi connectivity index (χ1n) is 9.45. The molecule has 0 aliphatic rings. The van der Waals surface area contributed by atoms with E-state index in [9.17, 15) is 19.7 Å². The number of halogens is 2. The van der Waals surface area contributed by atoms with Crippen molar-refractivity contribution in [2.45, 2.75) is 0 Å². The highest BCUT2D eigenvalue weighted by Gasteiger charge is 2.19. The third-order valence-corrected chi connectivity index (χ3v) is 4.98. The van der Waals surface area contributed by atoms with Crippen LogP contribution in [0.25, 0.3) is 6.08 Å². The Morgan fingerprint density at radius 2 is 1.79 bits per heavy atom. The summed E-state index contributed by atoms with van der Waals surface area (Å²) in [5, 5.41) is 16.9. The Morgan fingerprint density at radius 3 is 2.48 bits per heavy atom. The van der Waals surface area contributed by atoms with Crippen LogP contribution in [0.15, 0.2) is 72.4 Å². The Hall–Kier alpha value is -3.88. The number of hydrogen-bond acceptors (Lipinski definition) is 5. The second-order valence-electron chi connectivity index (χ2n) is 6.64. The van der Waals surface area contributed by atoms with E-state index in [1.165, 1.54) is 43.5 Å². The van der Waals surface area contributed by atoms with Gasteiger partial charge < -0.3 is 15.4 Å². The van der Waals surface area contributed by atoms with Gasteiger partial charge in [-0.1, -0.05) is 47.5 Å². The minimum absolute atomic E-state index is 0.0977. The molecule has 33 heavy (non-hydrogen) atoms. The number of carbonyl (C=O) groups is 2. The molecule has 0 saturated carbocycles. The summed E-state index contributed by atoms with van der Waals surface area (Å²) >= 11 is 12.1. The van der Waals surface area contributed by atoms with Crippen molar-refractivity contribution in [1.82, 2.24) is 5.32 Å². The average Bonchev–Trinajstić information content (AvgIpc) is 2.80. The molecule has 3 rings (SSSR count). The molecule has 0 aromatic heterocycles. The summed E-state index contributed by atoms with van der Waals surface area (Å²) in [5.74, 6) is -1.11. The van der Waals surface area contributed by atoms with E-state index in [0.29, 0.717) is 21.3 Å². The van der Waals surface area contributed by atoms with E-state index in [1.54, 1.807) is 36.4 Å². The van der Waals surface area contributed by atoms with Gasteiger partial charge in [0, 0.05) is 17.2 Å². The number of nitrogens with one attached hydrogen (secondary N) is 2. The maximum Gasteiger partial charge on any atom is 0.272 e. The van der Waals surface area contributed by atoms with E-state index in [2.05, 4.69) is 10.6 Å². The van der Waals surface area contributed by atoms with E-state index in [0.717, 1.165) is 0 Å². The number of rotatable bonds is 7. The summed E-state index contributed by atoms with van der Waals surface area (Å²) in [6, 6.07) is 16.6. The van der Waals surface area contributed by atoms with Crippen molar-refractivity contribution >= 4 is 52.5 Å². The number of ether oxygens (including phenoxy) is 1. The number of hydrogen-bond donors (Lipinski definition) is 2. The zero-order valence-electron chi connectivity index (χ0n) is 17.2. The minimum atomic E-state index is -0.691. The summed E-state index contributed by atoms with van der Waals surface area (Å²) in [4.78, 5) is 36.6. The molecule has 3 aromatic rings. The second-order valence-corrected chi connectivity index (χ2v) is 7.49. The lowest BCUT2D eigenvalue weighted by molar-refractivity contribution is -0.384. The van der Waals surface area contributed by atoms with Gasteiger partial charge in [-0.15, -0.1) is 0 Å². The van der Waals surface area contributed by atoms with Gasteiger partial charge in [-0.2, -0.15) is 0 Å². The highest BCUT2D eigenvalue weighted by Crippen LogP contribution is 2.24. The number of methoxy groups -OCH3 is 1. The summed E-state index contributed by atoms with van der Waals surface area (Å²) in [6.07, 6.45) is 1.31. The van der Waals surface area contributed by atoms with Gasteiger partial charge in [-0.05, 0) is 42.0 Å². The number of carbonyl (C=O) groups excluding carboxylic acids is 2. The number of nitrogens with zero attached hydrogens (tertiary/aromatic N) is 1. The molecule has 8 nitrogen and oxygen atoms in total. The molecule has 0 bridgehead atoms. The lowest BCUT2D eigenvalue weighted by atomic mass is 10.1. The lowest BCUT2D eigenvalue weighted by Gasteiger charge is -2.14. The van der Waals surface area contributed by atoms with Crippen LogP contribution in [0.4, 0.5) is 11.4 Å². The van der Waals surface area contributed by atoms with Gasteiger partial charge in [0.1, 0.15) is 11.4 Å². The van der Waals surface area contributed by atoms with Gasteiger partial charge in [-0.25, -0.2) is 0 Å². The monoisotopic (exact) mass is 485 g/mol. The highest BCUT2D eigenvalue weighted by molar-refractivity contribution is 6.34. The fourth-order valence-electron chi connectivity index (χ4n) is 2.85. The molecule has 2 amide bonds. The Kier molecular flexibility index (Phi) is 7.66. The fourth-order valence-corrected chi connectivity index (χ4v) is 3.21. The Balaban J connectivity index is 2.00. The first kappa shape index (κ1) is 23.8. The van der Waals surface area contributed by atoms with Crippen LogP contribution in [0.5, 0.6) is 5.75 Å².